The van der Waals surface area contributed by atoms with E-state index in [4.69, 9.17) is 28.8 Å². The summed E-state index contributed by atoms with van der Waals surface area (Å²) in [4.78, 5) is 34.1. The second-order valence-electron chi connectivity index (χ2n) is 9.55. The van der Waals surface area contributed by atoms with Gasteiger partial charge in [-0.2, -0.15) is 0 Å². The molecule has 2 aliphatic rings. The number of hydrogen-bond donors (Lipinski definition) is 3. The molecule has 0 aliphatic heterocycles. The maximum absolute atomic E-state index is 11.8. The van der Waals surface area contributed by atoms with Crippen LogP contribution in [0, 0.1) is 29.6 Å². The third-order valence-corrected chi connectivity index (χ3v) is 6.55. The van der Waals surface area contributed by atoms with Gasteiger partial charge in [-0.05, 0) is 43.9 Å². The van der Waals surface area contributed by atoms with Crippen LogP contribution in [-0.4, -0.2) is 95.1 Å². The molecule has 0 spiro atoms. The van der Waals surface area contributed by atoms with Crippen LogP contribution in [0.4, 0.5) is 4.79 Å². The van der Waals surface area contributed by atoms with Crippen LogP contribution in [-0.2, 0) is 33.3 Å². The second-order valence-corrected chi connectivity index (χ2v) is 9.55. The van der Waals surface area contributed by atoms with Crippen LogP contribution in [0.25, 0.3) is 0 Å². The smallest absolute Gasteiger partial charge is 0.407 e. The van der Waals surface area contributed by atoms with Crippen molar-refractivity contribution in [2.24, 2.45) is 17.8 Å². The van der Waals surface area contributed by atoms with Crippen LogP contribution in [0.2, 0.25) is 0 Å². The average molecular weight is 541 g/mol. The first-order valence-electron chi connectivity index (χ1n) is 13.7. The Hall–Kier alpha value is -2.39. The number of nitrogens with one attached hydrogen (secondary N) is 2. The van der Waals surface area contributed by atoms with Gasteiger partial charge in [0.05, 0.1) is 59.5 Å². The molecule has 2 amide bonds. The molecular formula is C27H44N2O9. The summed E-state index contributed by atoms with van der Waals surface area (Å²) in [6.07, 6.45) is 4.39. The first kappa shape index (κ1) is 31.8. The maximum Gasteiger partial charge on any atom is 0.407 e. The van der Waals surface area contributed by atoms with Crippen LogP contribution in [0.1, 0.15) is 51.9 Å². The third-order valence-electron chi connectivity index (χ3n) is 6.55. The van der Waals surface area contributed by atoms with Gasteiger partial charge in [-0.1, -0.05) is 0 Å². The van der Waals surface area contributed by atoms with Crippen molar-refractivity contribution < 1.29 is 43.2 Å². The van der Waals surface area contributed by atoms with E-state index in [-0.39, 0.29) is 31.4 Å². The van der Waals surface area contributed by atoms with Gasteiger partial charge >= 0.3 is 12.1 Å². The first-order chi connectivity index (χ1) is 18.5. The second kappa shape index (κ2) is 19.6. The SMILES string of the molecule is CC(CCC(=O)O)NC(=O)CCOCCOCCOCCOCCNC(=O)OCC1C2CCC#CCCC21. The fraction of sp³-hybridized carbons (Fsp3) is 0.815. The Morgan fingerprint density at radius 3 is 1.97 bits per heavy atom. The van der Waals surface area contributed by atoms with E-state index in [1.54, 1.807) is 6.92 Å². The number of carbonyl (C=O) groups is 3. The van der Waals surface area contributed by atoms with Crippen molar-refractivity contribution in [1.82, 2.24) is 10.6 Å². The van der Waals surface area contributed by atoms with Crippen molar-refractivity contribution >= 4 is 18.0 Å². The summed E-state index contributed by atoms with van der Waals surface area (Å²) < 4.78 is 27.0. The molecule has 2 aliphatic carbocycles. The van der Waals surface area contributed by atoms with E-state index in [9.17, 15) is 14.4 Å². The fourth-order valence-electron chi connectivity index (χ4n) is 4.42. The average Bonchev–Trinajstić information content (AvgIpc) is 3.52. The Bertz CT molecular complexity index is 749. The van der Waals surface area contributed by atoms with E-state index in [0.29, 0.717) is 83.6 Å². The van der Waals surface area contributed by atoms with Crippen molar-refractivity contribution in [3.05, 3.63) is 0 Å². The summed E-state index contributed by atoms with van der Waals surface area (Å²) in [5.41, 5.74) is 0. The van der Waals surface area contributed by atoms with Gasteiger partial charge in [0.25, 0.3) is 0 Å². The molecule has 2 rings (SSSR count). The summed E-state index contributed by atoms with van der Waals surface area (Å²) in [6.45, 7) is 5.79. The molecule has 0 saturated heterocycles. The van der Waals surface area contributed by atoms with Gasteiger partial charge in [0, 0.05) is 38.3 Å². The number of hydrogen-bond acceptors (Lipinski definition) is 8. The number of aliphatic carboxylic acids is 1. The summed E-state index contributed by atoms with van der Waals surface area (Å²) in [5, 5.41) is 14.1. The lowest BCUT2D eigenvalue weighted by molar-refractivity contribution is -0.137. The van der Waals surface area contributed by atoms with Crippen molar-refractivity contribution in [2.75, 3.05) is 66.0 Å². The molecule has 11 nitrogen and oxygen atoms in total. The number of carboxylic acids is 1. The predicted molar refractivity (Wildman–Crippen MR) is 138 cm³/mol. The zero-order chi connectivity index (χ0) is 27.4. The van der Waals surface area contributed by atoms with Crippen LogP contribution in [0.5, 0.6) is 0 Å². The number of ether oxygens (including phenoxy) is 5. The molecule has 0 aromatic carbocycles. The molecule has 216 valence electrons. The minimum atomic E-state index is -0.875. The first-order valence-corrected chi connectivity index (χ1v) is 13.7. The van der Waals surface area contributed by atoms with E-state index < -0.39 is 12.1 Å². The maximum atomic E-state index is 11.8. The van der Waals surface area contributed by atoms with Crippen LogP contribution >= 0.6 is 0 Å². The predicted octanol–water partition coefficient (Wildman–Crippen LogP) is 1.98. The van der Waals surface area contributed by atoms with Crippen molar-refractivity contribution in [3.8, 4) is 11.8 Å². The topological polar surface area (TPSA) is 142 Å². The van der Waals surface area contributed by atoms with E-state index in [1.165, 1.54) is 0 Å². The largest absolute Gasteiger partial charge is 0.481 e. The van der Waals surface area contributed by atoms with Gasteiger partial charge in [-0.25, -0.2) is 4.79 Å². The van der Waals surface area contributed by atoms with Gasteiger partial charge < -0.3 is 39.4 Å². The molecule has 1 fully saturated rings. The minimum absolute atomic E-state index is 0.0275. The van der Waals surface area contributed by atoms with Gasteiger partial charge in [-0.3, -0.25) is 9.59 Å². The highest BCUT2D eigenvalue weighted by molar-refractivity contribution is 5.76. The highest BCUT2D eigenvalue weighted by Crippen LogP contribution is 2.52. The van der Waals surface area contributed by atoms with Crippen LogP contribution in [0.15, 0.2) is 0 Å². The monoisotopic (exact) mass is 540 g/mol. The van der Waals surface area contributed by atoms with E-state index in [0.717, 1.165) is 25.7 Å². The molecule has 11 heteroatoms. The number of rotatable bonds is 21. The molecule has 0 aromatic rings. The Morgan fingerprint density at radius 2 is 1.39 bits per heavy atom. The van der Waals surface area contributed by atoms with E-state index >= 15 is 0 Å². The number of amides is 2. The minimum Gasteiger partial charge on any atom is -0.481 e. The molecule has 0 bridgehead atoms. The molecule has 1 saturated carbocycles. The standard InChI is InChI=1S/C27H44N2O9/c1-21(8-9-26(31)32)29-25(30)10-12-34-14-16-36-18-19-37-17-15-35-13-11-28-27(33)38-20-24-22-6-4-2-3-5-7-23(22)24/h21-24H,4-20H2,1H3,(H,28,33)(H,29,30)(H,31,32). The molecule has 0 radical (unpaired) electrons. The van der Waals surface area contributed by atoms with Crippen LogP contribution < -0.4 is 10.6 Å². The van der Waals surface area contributed by atoms with Crippen molar-refractivity contribution in [1.29, 1.82) is 0 Å². The summed E-state index contributed by atoms with van der Waals surface area (Å²) >= 11 is 0. The summed E-state index contributed by atoms with van der Waals surface area (Å²) in [6, 6.07) is -0.180. The van der Waals surface area contributed by atoms with Gasteiger partial charge in [0.2, 0.25) is 5.91 Å². The quantitative estimate of drug-likeness (QED) is 0.147. The summed E-state index contributed by atoms with van der Waals surface area (Å²) in [7, 11) is 0. The molecule has 3 N–H and O–H groups in total. The van der Waals surface area contributed by atoms with Crippen molar-refractivity contribution in [3.63, 3.8) is 0 Å². The zero-order valence-corrected chi connectivity index (χ0v) is 22.5. The normalized spacial score (nSPS) is 20.6. The van der Waals surface area contributed by atoms with Gasteiger partial charge in [-0.15, -0.1) is 11.8 Å². The highest BCUT2D eigenvalue weighted by atomic mass is 16.6. The molecule has 0 heterocycles. The number of alkyl carbamates (subject to hydrolysis) is 1. The number of carboxylic acid groups (broad SMARTS) is 1. The molecule has 0 aromatic heterocycles. The molecule has 38 heavy (non-hydrogen) atoms. The number of fused-ring (bicyclic) bond motifs is 1. The van der Waals surface area contributed by atoms with Crippen molar-refractivity contribution in [2.45, 2.75) is 57.9 Å². The Balaban J connectivity index is 1.27. The Morgan fingerprint density at radius 1 is 0.842 bits per heavy atom. The lowest BCUT2D eigenvalue weighted by Crippen LogP contribution is -2.33. The van der Waals surface area contributed by atoms with Crippen LogP contribution in [0.3, 0.4) is 0 Å². The van der Waals surface area contributed by atoms with E-state index in [1.807, 2.05) is 0 Å². The van der Waals surface area contributed by atoms with Gasteiger partial charge in [0.1, 0.15) is 0 Å². The lowest BCUT2D eigenvalue weighted by Gasteiger charge is -2.12. The Labute approximate surface area is 225 Å². The van der Waals surface area contributed by atoms with Gasteiger partial charge in [0.15, 0.2) is 0 Å². The molecule has 3 atom stereocenters. The van der Waals surface area contributed by atoms with E-state index in [2.05, 4.69) is 22.5 Å². The lowest BCUT2D eigenvalue weighted by atomic mass is 10.1. The number of carbonyl (C=O) groups excluding carboxylic acids is 2. The summed E-state index contributed by atoms with van der Waals surface area (Å²) in [5.74, 6) is 7.15. The molecule has 3 unspecified atom stereocenters. The Kier molecular flexibility index (Phi) is 16.5. The molecular weight excluding hydrogens is 496 g/mol. The zero-order valence-electron chi connectivity index (χ0n) is 22.5. The third kappa shape index (κ3) is 15.1. The fourth-order valence-corrected chi connectivity index (χ4v) is 4.42. The highest BCUT2D eigenvalue weighted by Gasteiger charge is 2.49.